The first-order valence-corrected chi connectivity index (χ1v) is 11.9. The molecule has 34 heavy (non-hydrogen) atoms. The predicted octanol–water partition coefficient (Wildman–Crippen LogP) is 6.52. The third-order valence-corrected chi connectivity index (χ3v) is 6.03. The molecule has 6 nitrogen and oxygen atoms in total. The van der Waals surface area contributed by atoms with Crippen LogP contribution >= 0.6 is 0 Å². The molecule has 0 aromatic heterocycles. The number of unbranched alkanes of at least 4 members (excludes halogenated alkanes) is 2. The molecule has 0 fully saturated rings. The molecule has 0 spiro atoms. The Morgan fingerprint density at radius 3 is 2.18 bits per heavy atom. The van der Waals surface area contributed by atoms with Gasteiger partial charge in [0.1, 0.15) is 12.0 Å². The third kappa shape index (κ3) is 6.99. The molecule has 0 aliphatic rings. The van der Waals surface area contributed by atoms with Crippen LogP contribution in [0.1, 0.15) is 87.2 Å². The van der Waals surface area contributed by atoms with Gasteiger partial charge in [0.05, 0.1) is 21.3 Å². The van der Waals surface area contributed by atoms with E-state index in [2.05, 4.69) is 33.0 Å². The fourth-order valence-corrected chi connectivity index (χ4v) is 4.20. The van der Waals surface area contributed by atoms with Crippen LogP contribution in [0.2, 0.25) is 0 Å². The number of carbonyl (C=O) groups excluding carboxylic acids is 2. The summed E-state index contributed by atoms with van der Waals surface area (Å²) in [7, 11) is 4.80. The lowest BCUT2D eigenvalue weighted by Crippen LogP contribution is -2.21. The van der Waals surface area contributed by atoms with Crippen LogP contribution in [-0.2, 0) is 10.2 Å². The molecule has 0 saturated carbocycles. The van der Waals surface area contributed by atoms with Crippen molar-refractivity contribution >= 4 is 17.9 Å². The van der Waals surface area contributed by atoms with E-state index in [1.807, 2.05) is 18.2 Å². The number of methoxy groups -OCH3 is 3. The normalized spacial score (nSPS) is 12.1. The van der Waals surface area contributed by atoms with Crippen LogP contribution in [0.3, 0.4) is 0 Å². The second kappa shape index (κ2) is 12.4. The summed E-state index contributed by atoms with van der Waals surface area (Å²) in [6.07, 6.45) is 5.10. The number of hydrogen-bond acceptors (Lipinski definition) is 5. The van der Waals surface area contributed by atoms with Gasteiger partial charge in [-0.2, -0.15) is 0 Å². The molecular formula is C28H39NO5. The van der Waals surface area contributed by atoms with E-state index >= 15 is 0 Å². The Balaban J connectivity index is 2.40. The van der Waals surface area contributed by atoms with Crippen molar-refractivity contribution in [2.24, 2.45) is 0 Å². The Kier molecular flexibility index (Phi) is 9.97. The second-order valence-electron chi connectivity index (χ2n) is 9.57. The van der Waals surface area contributed by atoms with Gasteiger partial charge < -0.3 is 19.5 Å². The van der Waals surface area contributed by atoms with Crippen LogP contribution in [0.25, 0.3) is 0 Å². The maximum atomic E-state index is 13.3. The molecule has 0 radical (unpaired) electrons. The summed E-state index contributed by atoms with van der Waals surface area (Å²) in [4.78, 5) is 24.6. The smallest absolute Gasteiger partial charge is 0.224 e. The van der Waals surface area contributed by atoms with Crippen LogP contribution in [0.5, 0.6) is 17.2 Å². The minimum atomic E-state index is -0.183. The predicted molar refractivity (Wildman–Crippen MR) is 137 cm³/mol. The topological polar surface area (TPSA) is 73.9 Å². The van der Waals surface area contributed by atoms with E-state index in [-0.39, 0.29) is 23.7 Å². The Morgan fingerprint density at radius 1 is 0.971 bits per heavy atom. The summed E-state index contributed by atoms with van der Waals surface area (Å²) >= 11 is 0. The van der Waals surface area contributed by atoms with Crippen LogP contribution < -0.4 is 19.5 Å². The van der Waals surface area contributed by atoms with Crippen molar-refractivity contribution in [3.05, 3.63) is 47.0 Å². The summed E-state index contributed by atoms with van der Waals surface area (Å²) in [5.74, 6) is 1.69. The number of aldehydes is 1. The number of amides is 1. The number of nitrogens with one attached hydrogen (secondary N) is 1. The lowest BCUT2D eigenvalue weighted by molar-refractivity contribution is -0.116. The molecule has 0 saturated heterocycles. The van der Waals surface area contributed by atoms with Crippen molar-refractivity contribution in [2.45, 2.75) is 71.1 Å². The van der Waals surface area contributed by atoms with E-state index in [1.54, 1.807) is 33.5 Å². The van der Waals surface area contributed by atoms with E-state index in [1.165, 1.54) is 0 Å². The minimum Gasteiger partial charge on any atom is -0.496 e. The molecule has 0 heterocycles. The van der Waals surface area contributed by atoms with Gasteiger partial charge >= 0.3 is 0 Å². The average Bonchev–Trinajstić information content (AvgIpc) is 2.81. The number of hydrogen-bond donors (Lipinski definition) is 1. The lowest BCUT2D eigenvalue weighted by atomic mass is 9.85. The monoisotopic (exact) mass is 469 g/mol. The lowest BCUT2D eigenvalue weighted by Gasteiger charge is -2.25. The molecule has 1 N–H and O–H groups in total. The van der Waals surface area contributed by atoms with Crippen molar-refractivity contribution < 1.29 is 23.8 Å². The number of benzene rings is 2. The first-order chi connectivity index (χ1) is 16.2. The number of carbonyl (C=O) groups is 2. The number of ether oxygens (including phenoxy) is 3. The quantitative estimate of drug-likeness (QED) is 0.283. The molecule has 6 heteroatoms. The molecule has 2 aromatic rings. The zero-order valence-electron chi connectivity index (χ0n) is 21.6. The van der Waals surface area contributed by atoms with Gasteiger partial charge in [-0.1, -0.05) is 59.1 Å². The number of anilines is 1. The summed E-state index contributed by atoms with van der Waals surface area (Å²) in [6.45, 7) is 8.41. The molecule has 0 aliphatic carbocycles. The highest BCUT2D eigenvalue weighted by molar-refractivity contribution is 5.93. The Hall–Kier alpha value is -3.02. The minimum absolute atomic E-state index is 0.0614. The van der Waals surface area contributed by atoms with Crippen molar-refractivity contribution in [1.82, 2.24) is 0 Å². The van der Waals surface area contributed by atoms with Gasteiger partial charge in [0.2, 0.25) is 5.91 Å². The largest absolute Gasteiger partial charge is 0.496 e. The van der Waals surface area contributed by atoms with Gasteiger partial charge in [-0.05, 0) is 35.4 Å². The summed E-state index contributed by atoms with van der Waals surface area (Å²) in [5, 5.41) is 3.08. The highest BCUT2D eigenvalue weighted by Gasteiger charge is 2.24. The summed E-state index contributed by atoms with van der Waals surface area (Å²) < 4.78 is 16.6. The zero-order chi connectivity index (χ0) is 25.3. The van der Waals surface area contributed by atoms with Gasteiger partial charge in [0.15, 0.2) is 11.5 Å². The molecule has 0 bridgehead atoms. The molecular weight excluding hydrogens is 430 g/mol. The fraction of sp³-hybridized carbons (Fsp3) is 0.500. The Labute approximate surface area is 204 Å². The summed E-state index contributed by atoms with van der Waals surface area (Å²) in [5.41, 5.74) is 2.93. The van der Waals surface area contributed by atoms with Gasteiger partial charge in [-0.25, -0.2) is 0 Å². The SMILES string of the molecule is CCCCCC(CC(=O)Nc1cc(C=O)ccc1C(C)(C)C)c1cc(OC)c(OC)cc1OC. The van der Waals surface area contributed by atoms with E-state index < -0.39 is 0 Å². The molecule has 1 atom stereocenters. The fourth-order valence-electron chi connectivity index (χ4n) is 4.20. The van der Waals surface area contributed by atoms with Gasteiger partial charge in [-0.15, -0.1) is 0 Å². The van der Waals surface area contributed by atoms with Crippen LogP contribution in [0.4, 0.5) is 5.69 Å². The van der Waals surface area contributed by atoms with Crippen LogP contribution in [0.15, 0.2) is 30.3 Å². The van der Waals surface area contributed by atoms with Crippen molar-refractivity contribution in [3.63, 3.8) is 0 Å². The van der Waals surface area contributed by atoms with Gasteiger partial charge in [0, 0.05) is 29.3 Å². The standard InChI is InChI=1S/C28H39NO5/c1-8-9-10-11-20(21-16-25(33-6)26(34-7)17-24(21)32-5)15-27(31)29-23-14-19(18-30)12-13-22(23)28(2,3)4/h12-14,16-18,20H,8-11,15H2,1-7H3,(H,29,31). The highest BCUT2D eigenvalue weighted by Crippen LogP contribution is 2.41. The molecule has 1 amide bonds. The van der Waals surface area contributed by atoms with E-state index in [9.17, 15) is 9.59 Å². The zero-order valence-corrected chi connectivity index (χ0v) is 21.6. The molecule has 186 valence electrons. The number of rotatable bonds is 12. The Bertz CT molecular complexity index is 977. The van der Waals surface area contributed by atoms with Crippen LogP contribution in [0, 0.1) is 0 Å². The first-order valence-electron chi connectivity index (χ1n) is 11.9. The second-order valence-corrected chi connectivity index (χ2v) is 9.57. The van der Waals surface area contributed by atoms with Gasteiger partial charge in [0.25, 0.3) is 0 Å². The van der Waals surface area contributed by atoms with E-state index in [0.717, 1.165) is 43.1 Å². The molecule has 1 unspecified atom stereocenters. The Morgan fingerprint density at radius 2 is 1.62 bits per heavy atom. The van der Waals surface area contributed by atoms with Crippen molar-refractivity contribution in [3.8, 4) is 17.2 Å². The first kappa shape index (κ1) is 27.2. The maximum absolute atomic E-state index is 13.3. The summed E-state index contributed by atoms with van der Waals surface area (Å²) in [6, 6.07) is 9.16. The third-order valence-electron chi connectivity index (χ3n) is 6.03. The maximum Gasteiger partial charge on any atom is 0.224 e. The van der Waals surface area contributed by atoms with E-state index in [4.69, 9.17) is 14.2 Å². The average molecular weight is 470 g/mol. The van der Waals surface area contributed by atoms with Gasteiger partial charge in [-0.3, -0.25) is 9.59 Å². The highest BCUT2D eigenvalue weighted by atomic mass is 16.5. The van der Waals surface area contributed by atoms with Crippen LogP contribution in [-0.4, -0.2) is 33.5 Å². The van der Waals surface area contributed by atoms with E-state index in [0.29, 0.717) is 28.5 Å². The molecule has 2 aromatic carbocycles. The molecule has 2 rings (SSSR count). The van der Waals surface area contributed by atoms with Crippen molar-refractivity contribution in [1.29, 1.82) is 0 Å². The molecule has 0 aliphatic heterocycles. The van der Waals surface area contributed by atoms with Crippen molar-refractivity contribution in [2.75, 3.05) is 26.6 Å².